The molecule has 0 aliphatic carbocycles. The molecule has 5 rings (SSSR count). The Labute approximate surface area is 188 Å². The van der Waals surface area contributed by atoms with Crippen LogP contribution in [0.4, 0.5) is 0 Å². The molecule has 5 aromatic rings. The van der Waals surface area contributed by atoms with E-state index in [0.29, 0.717) is 17.0 Å². The van der Waals surface area contributed by atoms with Crippen LogP contribution in [0.2, 0.25) is 5.15 Å². The first-order valence-electron chi connectivity index (χ1n) is 11.0. The lowest BCUT2D eigenvalue weighted by Crippen LogP contribution is -1.99. The maximum atomic E-state index is 6.33. The Morgan fingerprint density at radius 2 is 1.23 bits per heavy atom. The van der Waals surface area contributed by atoms with Gasteiger partial charge in [0.2, 0.25) is 0 Å². The topological polar surface area (TPSA) is 12.9 Å². The Kier molecular flexibility index (Phi) is 4.95. The summed E-state index contributed by atoms with van der Waals surface area (Å²) in [6.07, 6.45) is 1.79. The smallest absolute Gasteiger partial charge is 0.136 e. The molecule has 1 heterocycles. The van der Waals surface area contributed by atoms with Crippen LogP contribution in [0.15, 0.2) is 72.9 Å². The summed E-state index contributed by atoms with van der Waals surface area (Å²) in [6, 6.07) is 24.5. The van der Waals surface area contributed by atoms with Crippen LogP contribution in [0, 0.1) is 0 Å². The summed E-state index contributed by atoms with van der Waals surface area (Å²) in [5.74, 6) is 0.955. The van der Waals surface area contributed by atoms with Gasteiger partial charge in [-0.15, -0.1) is 0 Å². The predicted octanol–water partition coefficient (Wildman–Crippen LogP) is 9.11. The first kappa shape index (κ1) is 20.0. The Morgan fingerprint density at radius 1 is 0.645 bits per heavy atom. The minimum Gasteiger partial charge on any atom is -0.244 e. The number of rotatable bonds is 3. The zero-order valence-electron chi connectivity index (χ0n) is 18.4. The maximum Gasteiger partial charge on any atom is 0.136 e. The van der Waals surface area contributed by atoms with Crippen molar-refractivity contribution in [3.05, 3.63) is 89.2 Å². The van der Waals surface area contributed by atoms with Crippen LogP contribution in [-0.2, 0) is 0 Å². The minimum atomic E-state index is 0.478. The van der Waals surface area contributed by atoms with Crippen LogP contribution in [0.5, 0.6) is 0 Å². The molecule has 0 fully saturated rings. The van der Waals surface area contributed by atoms with Crippen molar-refractivity contribution in [1.82, 2.24) is 4.98 Å². The van der Waals surface area contributed by atoms with Gasteiger partial charge in [0, 0.05) is 11.6 Å². The van der Waals surface area contributed by atoms with Crippen molar-refractivity contribution in [3.8, 4) is 11.1 Å². The lowest BCUT2D eigenvalue weighted by molar-refractivity contribution is 0.838. The zero-order chi connectivity index (χ0) is 21.7. The molecule has 0 radical (unpaired) electrons. The molecular formula is C29H26ClN. The standard InChI is InChI=1S/C29H26ClN/c1-17(2)21-6-5-7-22(18(3)4)28(21)20-9-10-23-19(16-20)8-11-25-24(23)12-13-27-26(25)14-15-31-29(27)30/h5-18H,1-4H3. The van der Waals surface area contributed by atoms with Crippen LogP contribution in [0.1, 0.15) is 50.7 Å². The average Bonchev–Trinajstić information content (AvgIpc) is 2.77. The van der Waals surface area contributed by atoms with Gasteiger partial charge in [-0.25, -0.2) is 4.98 Å². The minimum absolute atomic E-state index is 0.478. The van der Waals surface area contributed by atoms with Crippen molar-refractivity contribution in [1.29, 1.82) is 0 Å². The van der Waals surface area contributed by atoms with Crippen molar-refractivity contribution in [2.75, 3.05) is 0 Å². The van der Waals surface area contributed by atoms with E-state index in [-0.39, 0.29) is 0 Å². The number of nitrogens with zero attached hydrogens (tertiary/aromatic N) is 1. The molecule has 1 nitrogen and oxygen atoms in total. The highest BCUT2D eigenvalue weighted by Crippen LogP contribution is 2.39. The number of halogens is 1. The number of hydrogen-bond donors (Lipinski definition) is 0. The molecule has 0 N–H and O–H groups in total. The van der Waals surface area contributed by atoms with E-state index >= 15 is 0 Å². The van der Waals surface area contributed by atoms with Gasteiger partial charge in [0.1, 0.15) is 5.15 Å². The van der Waals surface area contributed by atoms with E-state index < -0.39 is 0 Å². The summed E-state index contributed by atoms with van der Waals surface area (Å²) in [6.45, 7) is 9.12. The van der Waals surface area contributed by atoms with E-state index in [4.69, 9.17) is 11.6 Å². The van der Waals surface area contributed by atoms with E-state index in [1.54, 1.807) is 6.20 Å². The third-order valence-corrected chi connectivity index (χ3v) is 6.67. The molecule has 1 aromatic heterocycles. The molecule has 154 valence electrons. The number of fused-ring (bicyclic) bond motifs is 5. The van der Waals surface area contributed by atoms with Gasteiger partial charge >= 0.3 is 0 Å². The third-order valence-electron chi connectivity index (χ3n) is 6.37. The highest BCUT2D eigenvalue weighted by molar-refractivity contribution is 6.35. The van der Waals surface area contributed by atoms with Gasteiger partial charge in [0.15, 0.2) is 0 Å². The van der Waals surface area contributed by atoms with Crippen LogP contribution >= 0.6 is 11.6 Å². The highest BCUT2D eigenvalue weighted by Gasteiger charge is 2.16. The lowest BCUT2D eigenvalue weighted by Gasteiger charge is -2.20. The number of pyridine rings is 1. The zero-order valence-corrected chi connectivity index (χ0v) is 19.2. The molecule has 4 aromatic carbocycles. The first-order valence-corrected chi connectivity index (χ1v) is 11.4. The fourth-order valence-corrected chi connectivity index (χ4v) is 5.04. The van der Waals surface area contributed by atoms with E-state index in [0.717, 1.165) is 10.8 Å². The number of benzene rings is 4. The van der Waals surface area contributed by atoms with Gasteiger partial charge in [-0.1, -0.05) is 93.9 Å². The molecule has 2 heteroatoms. The van der Waals surface area contributed by atoms with Crippen LogP contribution in [0.25, 0.3) is 43.4 Å². The van der Waals surface area contributed by atoms with Gasteiger partial charge in [-0.05, 0) is 73.2 Å². The fraction of sp³-hybridized carbons (Fsp3) is 0.207. The molecule has 0 spiro atoms. The van der Waals surface area contributed by atoms with Gasteiger partial charge in [-0.3, -0.25) is 0 Å². The van der Waals surface area contributed by atoms with Gasteiger partial charge in [-0.2, -0.15) is 0 Å². The Hall–Kier alpha value is -2.90. The van der Waals surface area contributed by atoms with E-state index in [9.17, 15) is 0 Å². The van der Waals surface area contributed by atoms with Crippen LogP contribution < -0.4 is 0 Å². The van der Waals surface area contributed by atoms with Gasteiger partial charge < -0.3 is 0 Å². The van der Waals surface area contributed by atoms with E-state index in [2.05, 4.69) is 99.4 Å². The van der Waals surface area contributed by atoms with Gasteiger partial charge in [0.05, 0.1) is 0 Å². The largest absolute Gasteiger partial charge is 0.244 e. The first-order chi connectivity index (χ1) is 15.0. The quantitative estimate of drug-likeness (QED) is 0.208. The van der Waals surface area contributed by atoms with E-state index in [1.807, 2.05) is 0 Å². The van der Waals surface area contributed by atoms with E-state index in [1.165, 1.54) is 43.8 Å². The molecular weight excluding hydrogens is 398 g/mol. The summed E-state index contributed by atoms with van der Waals surface area (Å²) < 4.78 is 0. The highest BCUT2D eigenvalue weighted by atomic mass is 35.5. The monoisotopic (exact) mass is 423 g/mol. The summed E-state index contributed by atoms with van der Waals surface area (Å²) in [7, 11) is 0. The average molecular weight is 424 g/mol. The second kappa shape index (κ2) is 7.66. The summed E-state index contributed by atoms with van der Waals surface area (Å²) in [5.41, 5.74) is 5.53. The summed E-state index contributed by atoms with van der Waals surface area (Å²) >= 11 is 6.33. The van der Waals surface area contributed by atoms with Crippen molar-refractivity contribution < 1.29 is 0 Å². The molecule has 0 aliphatic rings. The number of aromatic nitrogens is 1. The van der Waals surface area contributed by atoms with Gasteiger partial charge in [0.25, 0.3) is 0 Å². The molecule has 0 saturated carbocycles. The summed E-state index contributed by atoms with van der Waals surface area (Å²) in [4.78, 5) is 4.23. The second-order valence-corrected chi connectivity index (χ2v) is 9.34. The third kappa shape index (κ3) is 3.28. The normalized spacial score (nSPS) is 12.0. The van der Waals surface area contributed by atoms with Crippen LogP contribution in [-0.4, -0.2) is 4.98 Å². The van der Waals surface area contributed by atoms with Crippen molar-refractivity contribution in [2.45, 2.75) is 39.5 Å². The Bertz CT molecular complexity index is 1420. The molecule has 0 atom stereocenters. The Morgan fingerprint density at radius 3 is 1.94 bits per heavy atom. The second-order valence-electron chi connectivity index (χ2n) is 8.98. The molecule has 0 amide bonds. The predicted molar refractivity (Wildman–Crippen MR) is 135 cm³/mol. The molecule has 31 heavy (non-hydrogen) atoms. The number of hydrogen-bond acceptors (Lipinski definition) is 1. The van der Waals surface area contributed by atoms with Crippen molar-refractivity contribution in [3.63, 3.8) is 0 Å². The Balaban J connectivity index is 1.78. The molecule has 0 aliphatic heterocycles. The molecule has 0 bridgehead atoms. The molecule has 0 saturated heterocycles. The lowest BCUT2D eigenvalue weighted by atomic mass is 9.84. The van der Waals surface area contributed by atoms with Crippen LogP contribution in [0.3, 0.4) is 0 Å². The molecule has 0 unspecified atom stereocenters. The fourth-order valence-electron chi connectivity index (χ4n) is 4.82. The van der Waals surface area contributed by atoms with Crippen molar-refractivity contribution >= 4 is 43.9 Å². The maximum absolute atomic E-state index is 6.33. The summed E-state index contributed by atoms with van der Waals surface area (Å²) in [5, 5.41) is 7.70. The SMILES string of the molecule is CC(C)c1cccc(C(C)C)c1-c1ccc2c(ccc3c4ccnc(Cl)c4ccc23)c1. The van der Waals surface area contributed by atoms with Crippen molar-refractivity contribution in [2.24, 2.45) is 0 Å².